The number of nitrogens with zero attached hydrogens (tertiary/aromatic N) is 2. The Morgan fingerprint density at radius 1 is 1.21 bits per heavy atom. The third-order valence-electron chi connectivity index (χ3n) is 1.75. The highest BCUT2D eigenvalue weighted by Gasteiger charge is 2.03. The van der Waals surface area contributed by atoms with Crippen molar-refractivity contribution >= 4 is 22.9 Å². The van der Waals surface area contributed by atoms with Gasteiger partial charge in [0.05, 0.1) is 14.9 Å². The van der Waals surface area contributed by atoms with Gasteiger partial charge in [0.15, 0.2) is 0 Å². The van der Waals surface area contributed by atoms with Crippen LogP contribution >= 0.6 is 22.9 Å². The normalized spacial score (nSPS) is 10.4. The fourth-order valence-electron chi connectivity index (χ4n) is 1.05. The number of rotatable bonds is 2. The maximum atomic E-state index is 5.82. The van der Waals surface area contributed by atoms with E-state index in [2.05, 4.69) is 10.2 Å². The predicted octanol–water partition coefficient (Wildman–Crippen LogP) is 2.32. The average Bonchev–Trinajstić information content (AvgIpc) is 2.65. The molecule has 2 rings (SSSR count). The van der Waals surface area contributed by atoms with Crippen LogP contribution in [-0.4, -0.2) is 10.2 Å². The lowest BCUT2D eigenvalue weighted by Gasteiger charge is -1.96. The summed E-state index contributed by atoms with van der Waals surface area (Å²) in [6.07, 6.45) is 0. The van der Waals surface area contributed by atoms with Crippen LogP contribution in [0.2, 0.25) is 4.34 Å². The number of halogens is 1. The predicted molar refractivity (Wildman–Crippen MR) is 58.2 cm³/mol. The van der Waals surface area contributed by atoms with Gasteiger partial charge in [-0.05, 0) is 24.3 Å². The maximum Gasteiger partial charge on any atom is 0.103 e. The molecular weight excluding hydrogens is 218 g/mol. The minimum Gasteiger partial charge on any atom is -0.325 e. The van der Waals surface area contributed by atoms with Crippen molar-refractivity contribution in [3.63, 3.8) is 0 Å². The minimum atomic E-state index is 0.415. The van der Waals surface area contributed by atoms with Crippen LogP contribution in [0.3, 0.4) is 0 Å². The van der Waals surface area contributed by atoms with Crippen LogP contribution in [0.5, 0.6) is 0 Å². The van der Waals surface area contributed by atoms with Crippen LogP contribution in [0.1, 0.15) is 5.69 Å². The van der Waals surface area contributed by atoms with Crippen molar-refractivity contribution in [1.82, 2.24) is 10.2 Å². The topological polar surface area (TPSA) is 51.8 Å². The summed E-state index contributed by atoms with van der Waals surface area (Å²) in [5.41, 5.74) is 7.04. The molecule has 72 valence electrons. The first-order chi connectivity index (χ1) is 6.79. The largest absolute Gasteiger partial charge is 0.325 e. The summed E-state index contributed by atoms with van der Waals surface area (Å²) in [5, 5.41) is 8.03. The number of hydrogen-bond acceptors (Lipinski definition) is 4. The molecule has 14 heavy (non-hydrogen) atoms. The average molecular weight is 226 g/mol. The molecular formula is C9H8ClN3S. The third kappa shape index (κ3) is 1.92. The van der Waals surface area contributed by atoms with Gasteiger partial charge in [-0.2, -0.15) is 5.10 Å². The molecule has 2 heterocycles. The molecule has 0 aromatic carbocycles. The van der Waals surface area contributed by atoms with Crippen LogP contribution < -0.4 is 5.73 Å². The lowest BCUT2D eigenvalue weighted by Crippen LogP contribution is -2.00. The molecule has 0 bridgehead atoms. The SMILES string of the molecule is NCc1ccc(-c2ccc(Cl)s2)nn1. The zero-order chi connectivity index (χ0) is 9.97. The van der Waals surface area contributed by atoms with E-state index in [9.17, 15) is 0 Å². The fourth-order valence-corrected chi connectivity index (χ4v) is 2.06. The Kier molecular flexibility index (Phi) is 2.77. The van der Waals surface area contributed by atoms with Crippen LogP contribution in [0, 0.1) is 0 Å². The summed E-state index contributed by atoms with van der Waals surface area (Å²) in [6, 6.07) is 7.55. The van der Waals surface area contributed by atoms with Gasteiger partial charge < -0.3 is 5.73 Å². The van der Waals surface area contributed by atoms with E-state index in [0.29, 0.717) is 6.54 Å². The Morgan fingerprint density at radius 2 is 2.07 bits per heavy atom. The van der Waals surface area contributed by atoms with E-state index in [-0.39, 0.29) is 0 Å². The Balaban J connectivity index is 2.33. The van der Waals surface area contributed by atoms with Gasteiger partial charge in [-0.25, -0.2) is 0 Å². The lowest BCUT2D eigenvalue weighted by molar-refractivity contribution is 0.903. The molecule has 2 aromatic rings. The van der Waals surface area contributed by atoms with Crippen molar-refractivity contribution in [2.75, 3.05) is 0 Å². The van der Waals surface area contributed by atoms with Gasteiger partial charge in [-0.3, -0.25) is 0 Å². The second kappa shape index (κ2) is 4.04. The van der Waals surface area contributed by atoms with Crippen molar-refractivity contribution in [2.24, 2.45) is 5.73 Å². The van der Waals surface area contributed by atoms with E-state index in [0.717, 1.165) is 20.6 Å². The van der Waals surface area contributed by atoms with Crippen LogP contribution in [-0.2, 0) is 6.54 Å². The molecule has 0 aliphatic carbocycles. The quantitative estimate of drug-likeness (QED) is 0.854. The van der Waals surface area contributed by atoms with E-state index in [1.165, 1.54) is 11.3 Å². The molecule has 0 unspecified atom stereocenters. The Morgan fingerprint density at radius 3 is 2.57 bits per heavy atom. The van der Waals surface area contributed by atoms with Gasteiger partial charge in [-0.1, -0.05) is 11.6 Å². The summed E-state index contributed by atoms with van der Waals surface area (Å²) in [4.78, 5) is 1.02. The molecule has 5 heteroatoms. The Bertz CT molecular complexity index is 424. The van der Waals surface area contributed by atoms with Gasteiger partial charge >= 0.3 is 0 Å². The molecule has 2 aromatic heterocycles. The number of nitrogens with two attached hydrogens (primary N) is 1. The first kappa shape index (κ1) is 9.58. The molecule has 2 N–H and O–H groups in total. The van der Waals surface area contributed by atoms with E-state index >= 15 is 0 Å². The molecule has 3 nitrogen and oxygen atoms in total. The zero-order valence-electron chi connectivity index (χ0n) is 7.27. The van der Waals surface area contributed by atoms with Crippen molar-refractivity contribution in [1.29, 1.82) is 0 Å². The highest BCUT2D eigenvalue weighted by atomic mass is 35.5. The van der Waals surface area contributed by atoms with E-state index in [4.69, 9.17) is 17.3 Å². The molecule has 0 spiro atoms. The number of aromatic nitrogens is 2. The van der Waals surface area contributed by atoms with E-state index in [1.54, 1.807) is 0 Å². The second-order valence-electron chi connectivity index (χ2n) is 2.72. The number of hydrogen-bond donors (Lipinski definition) is 1. The second-order valence-corrected chi connectivity index (χ2v) is 4.43. The molecule has 0 aliphatic heterocycles. The van der Waals surface area contributed by atoms with Crippen LogP contribution in [0.4, 0.5) is 0 Å². The standard InChI is InChI=1S/C9H8ClN3S/c10-9-4-3-8(14-9)7-2-1-6(5-11)12-13-7/h1-4H,5,11H2. The van der Waals surface area contributed by atoms with E-state index in [1.807, 2.05) is 24.3 Å². The van der Waals surface area contributed by atoms with Crippen molar-refractivity contribution < 1.29 is 0 Å². The lowest BCUT2D eigenvalue weighted by atomic mass is 10.3. The van der Waals surface area contributed by atoms with Crippen molar-refractivity contribution in [2.45, 2.75) is 6.54 Å². The van der Waals surface area contributed by atoms with Gasteiger partial charge in [0, 0.05) is 6.54 Å². The summed E-state index contributed by atoms with van der Waals surface area (Å²) in [5.74, 6) is 0. The zero-order valence-corrected chi connectivity index (χ0v) is 8.85. The van der Waals surface area contributed by atoms with Crippen molar-refractivity contribution in [3.8, 4) is 10.6 Å². The van der Waals surface area contributed by atoms with Gasteiger partial charge in [0.1, 0.15) is 5.69 Å². The molecule has 0 fully saturated rings. The smallest absolute Gasteiger partial charge is 0.103 e. The minimum absolute atomic E-state index is 0.415. The first-order valence-corrected chi connectivity index (χ1v) is 5.27. The summed E-state index contributed by atoms with van der Waals surface area (Å²) in [7, 11) is 0. The summed E-state index contributed by atoms with van der Waals surface area (Å²) in [6.45, 7) is 0.415. The Labute approximate surface area is 90.5 Å². The van der Waals surface area contributed by atoms with Crippen LogP contribution in [0.25, 0.3) is 10.6 Å². The first-order valence-electron chi connectivity index (χ1n) is 4.08. The fraction of sp³-hybridized carbons (Fsp3) is 0.111. The van der Waals surface area contributed by atoms with Gasteiger partial charge in [-0.15, -0.1) is 16.4 Å². The molecule has 0 radical (unpaired) electrons. The Hall–Kier alpha value is -0.970. The molecule has 0 saturated heterocycles. The third-order valence-corrected chi connectivity index (χ3v) is 3.01. The van der Waals surface area contributed by atoms with E-state index < -0.39 is 0 Å². The highest BCUT2D eigenvalue weighted by Crippen LogP contribution is 2.29. The van der Waals surface area contributed by atoms with Gasteiger partial charge in [0.2, 0.25) is 0 Å². The van der Waals surface area contributed by atoms with Crippen molar-refractivity contribution in [3.05, 3.63) is 34.3 Å². The highest BCUT2D eigenvalue weighted by molar-refractivity contribution is 7.19. The summed E-state index contributed by atoms with van der Waals surface area (Å²) >= 11 is 7.31. The monoisotopic (exact) mass is 225 g/mol. The molecule has 0 amide bonds. The molecule has 0 aliphatic rings. The van der Waals surface area contributed by atoms with Gasteiger partial charge in [0.25, 0.3) is 0 Å². The van der Waals surface area contributed by atoms with Crippen LogP contribution in [0.15, 0.2) is 24.3 Å². The summed E-state index contributed by atoms with van der Waals surface area (Å²) < 4.78 is 0.754. The number of thiophene rings is 1. The maximum absolute atomic E-state index is 5.82. The molecule has 0 atom stereocenters. The molecule has 0 saturated carbocycles.